The Hall–Kier alpha value is -6.68. The molecule has 0 radical (unpaired) electrons. The summed E-state index contributed by atoms with van der Waals surface area (Å²) < 4.78 is 8.60. The highest BCUT2D eigenvalue weighted by molar-refractivity contribution is 5.84. The number of rotatable bonds is 7. The number of fused-ring (bicyclic) bond motifs is 2. The molecular weight excluding hydrogens is 616 g/mol. The third-order valence-electron chi connectivity index (χ3n) is 8.27. The smallest absolute Gasteiger partial charge is 0.250 e. The summed E-state index contributed by atoms with van der Waals surface area (Å²) in [6, 6.07) is 33.6. The maximum Gasteiger partial charge on any atom is 0.250 e. The van der Waals surface area contributed by atoms with E-state index in [2.05, 4.69) is 20.4 Å². The predicted octanol–water partition coefficient (Wildman–Crippen LogP) is 6.59. The van der Waals surface area contributed by atoms with Gasteiger partial charge in [-0.15, -0.1) is 0 Å². The molecule has 4 aromatic carbocycles. The molecule has 49 heavy (non-hydrogen) atoms. The van der Waals surface area contributed by atoms with Crippen molar-refractivity contribution in [3.63, 3.8) is 0 Å². The van der Waals surface area contributed by atoms with Crippen molar-refractivity contribution < 1.29 is 9.84 Å². The molecule has 10 nitrogen and oxygen atoms in total. The quantitative estimate of drug-likeness (QED) is 0.179. The van der Waals surface area contributed by atoms with E-state index in [4.69, 9.17) is 4.74 Å². The van der Waals surface area contributed by atoms with E-state index in [0.717, 1.165) is 60.9 Å². The number of hydrogen-bond acceptors (Lipinski definition) is 6. The molecular formula is C39H32N6O4. The molecule has 0 saturated heterocycles. The van der Waals surface area contributed by atoms with E-state index in [-0.39, 0.29) is 16.9 Å². The fraction of sp³-hybridized carbons (Fsp3) is 0.0769. The summed E-state index contributed by atoms with van der Waals surface area (Å²) in [4.78, 5) is 24.4. The molecule has 0 aliphatic rings. The summed E-state index contributed by atoms with van der Waals surface area (Å²) in [5.41, 5.74) is 7.69. The van der Waals surface area contributed by atoms with Gasteiger partial charge in [-0.1, -0.05) is 48.5 Å². The molecule has 0 amide bonds. The van der Waals surface area contributed by atoms with Crippen molar-refractivity contribution in [3.8, 4) is 33.8 Å². The van der Waals surface area contributed by atoms with Crippen LogP contribution in [0.25, 0.3) is 44.1 Å². The van der Waals surface area contributed by atoms with Crippen LogP contribution in [0.15, 0.2) is 144 Å². The molecule has 0 fully saturated rings. The van der Waals surface area contributed by atoms with E-state index in [1.165, 1.54) is 0 Å². The van der Waals surface area contributed by atoms with Gasteiger partial charge in [-0.05, 0) is 81.9 Å². The van der Waals surface area contributed by atoms with Gasteiger partial charge >= 0.3 is 0 Å². The van der Waals surface area contributed by atoms with E-state index < -0.39 is 0 Å². The molecule has 0 aliphatic carbocycles. The lowest BCUT2D eigenvalue weighted by Gasteiger charge is -2.10. The molecule has 242 valence electrons. The van der Waals surface area contributed by atoms with Crippen LogP contribution in [0.4, 0.5) is 0 Å². The fourth-order valence-corrected chi connectivity index (χ4v) is 5.70. The normalized spacial score (nSPS) is 11.0. The summed E-state index contributed by atoms with van der Waals surface area (Å²) in [5, 5.41) is 25.7. The second kappa shape index (κ2) is 13.6. The fourth-order valence-electron chi connectivity index (χ4n) is 5.70. The number of phenolic OH excluding ortho intramolecular Hbond substituents is 1. The second-order valence-electron chi connectivity index (χ2n) is 11.6. The average Bonchev–Trinajstić information content (AvgIpc) is 3.80. The summed E-state index contributed by atoms with van der Waals surface area (Å²) in [6.07, 6.45) is 7.30. The van der Waals surface area contributed by atoms with Crippen molar-refractivity contribution in [2.75, 3.05) is 7.11 Å². The van der Waals surface area contributed by atoms with Gasteiger partial charge in [-0.2, -0.15) is 10.2 Å². The molecule has 8 aromatic rings. The minimum Gasteiger partial charge on any atom is -0.508 e. The van der Waals surface area contributed by atoms with Crippen LogP contribution in [0.2, 0.25) is 0 Å². The molecule has 0 spiro atoms. The SMILES string of the molecule is COc1cccc(Cn2cc(-c3ccc4cn[nH]c4c3)ccc2=O)c1.O=c1ccc(-c2ccc3cn[nH]c3c2)cn1Cc1cccc(O)c1. The number of pyridine rings is 2. The van der Waals surface area contributed by atoms with Crippen molar-refractivity contribution in [1.82, 2.24) is 29.5 Å². The van der Waals surface area contributed by atoms with Gasteiger partial charge in [0.2, 0.25) is 0 Å². The molecule has 4 aromatic heterocycles. The molecule has 4 heterocycles. The minimum atomic E-state index is -0.0790. The van der Waals surface area contributed by atoms with Crippen LogP contribution in [-0.2, 0) is 13.1 Å². The first-order valence-electron chi connectivity index (χ1n) is 15.6. The first-order chi connectivity index (χ1) is 23.9. The van der Waals surface area contributed by atoms with Gasteiger partial charge in [0.25, 0.3) is 11.1 Å². The number of phenols is 1. The number of ether oxygens (including phenoxy) is 1. The summed E-state index contributed by atoms with van der Waals surface area (Å²) in [7, 11) is 1.64. The van der Waals surface area contributed by atoms with Crippen LogP contribution in [0.5, 0.6) is 11.5 Å². The van der Waals surface area contributed by atoms with Crippen molar-refractivity contribution >= 4 is 21.8 Å². The van der Waals surface area contributed by atoms with Crippen LogP contribution in [0, 0.1) is 0 Å². The van der Waals surface area contributed by atoms with Crippen LogP contribution >= 0.6 is 0 Å². The van der Waals surface area contributed by atoms with Gasteiger partial charge in [-0.3, -0.25) is 19.8 Å². The van der Waals surface area contributed by atoms with Gasteiger partial charge in [0.05, 0.1) is 43.6 Å². The third kappa shape index (κ3) is 7.03. The number of H-pyrrole nitrogens is 2. The van der Waals surface area contributed by atoms with E-state index >= 15 is 0 Å². The number of nitrogens with one attached hydrogen (secondary N) is 2. The topological polar surface area (TPSA) is 131 Å². The number of benzene rings is 4. The number of aromatic hydroxyl groups is 1. The van der Waals surface area contributed by atoms with E-state index in [0.29, 0.717) is 13.1 Å². The monoisotopic (exact) mass is 648 g/mol. The number of hydrogen-bond donors (Lipinski definition) is 3. The highest BCUT2D eigenvalue weighted by Gasteiger charge is 2.07. The lowest BCUT2D eigenvalue weighted by Crippen LogP contribution is -2.19. The molecule has 10 heteroatoms. The molecule has 0 atom stereocenters. The molecule has 0 aliphatic heterocycles. The number of aromatic amines is 2. The van der Waals surface area contributed by atoms with Gasteiger partial charge < -0.3 is 19.0 Å². The zero-order valence-electron chi connectivity index (χ0n) is 26.6. The lowest BCUT2D eigenvalue weighted by molar-refractivity contribution is 0.414. The first kappa shape index (κ1) is 30.9. The number of aromatic nitrogens is 6. The minimum absolute atomic E-state index is 0.0332. The van der Waals surface area contributed by atoms with Crippen LogP contribution in [0.3, 0.4) is 0 Å². The molecule has 0 bridgehead atoms. The molecule has 8 rings (SSSR count). The zero-order valence-corrected chi connectivity index (χ0v) is 26.6. The van der Waals surface area contributed by atoms with Crippen LogP contribution in [0.1, 0.15) is 11.1 Å². The van der Waals surface area contributed by atoms with Crippen molar-refractivity contribution in [3.05, 3.63) is 166 Å². The van der Waals surface area contributed by atoms with Crippen LogP contribution in [-0.4, -0.2) is 41.7 Å². The Morgan fingerprint density at radius 3 is 1.65 bits per heavy atom. The van der Waals surface area contributed by atoms with E-state index in [1.807, 2.05) is 91.3 Å². The maximum atomic E-state index is 12.2. The highest BCUT2D eigenvalue weighted by Crippen LogP contribution is 2.24. The number of nitrogens with zero attached hydrogens (tertiary/aromatic N) is 4. The summed E-state index contributed by atoms with van der Waals surface area (Å²) in [5.74, 6) is 0.979. The van der Waals surface area contributed by atoms with Gasteiger partial charge in [0.15, 0.2) is 0 Å². The third-order valence-corrected chi connectivity index (χ3v) is 8.27. The van der Waals surface area contributed by atoms with Crippen molar-refractivity contribution in [2.45, 2.75) is 13.1 Å². The Balaban J connectivity index is 0.000000154. The lowest BCUT2D eigenvalue weighted by atomic mass is 10.1. The molecule has 3 N–H and O–H groups in total. The Bertz CT molecular complexity index is 2530. The largest absolute Gasteiger partial charge is 0.508 e. The molecule has 0 unspecified atom stereocenters. The van der Waals surface area contributed by atoms with Crippen molar-refractivity contribution in [1.29, 1.82) is 0 Å². The predicted molar refractivity (Wildman–Crippen MR) is 191 cm³/mol. The summed E-state index contributed by atoms with van der Waals surface area (Å²) in [6.45, 7) is 0.906. The zero-order chi connectivity index (χ0) is 33.7. The highest BCUT2D eigenvalue weighted by atomic mass is 16.5. The van der Waals surface area contributed by atoms with Gasteiger partial charge in [0, 0.05) is 35.3 Å². The van der Waals surface area contributed by atoms with Crippen molar-refractivity contribution in [2.24, 2.45) is 0 Å². The standard InChI is InChI=1S/C20H17N3O2.C19H15N3O2/c1-25-18-4-2-3-14(9-18)12-23-13-17(7-8-20(23)24)15-5-6-16-11-21-22-19(16)10-15;23-17-3-1-2-13(8-17)11-22-12-16(6-7-19(22)24)14-4-5-15-10-20-21-18(15)9-14/h2-11,13H,12H2,1H3,(H,21,22);1-10,12,23H,11H2,(H,20,21). The van der Waals surface area contributed by atoms with Crippen LogP contribution < -0.4 is 15.9 Å². The maximum absolute atomic E-state index is 12.2. The second-order valence-corrected chi connectivity index (χ2v) is 11.6. The Labute approximate surface area is 280 Å². The van der Waals surface area contributed by atoms with Gasteiger partial charge in [0.1, 0.15) is 11.5 Å². The average molecular weight is 649 g/mol. The van der Waals surface area contributed by atoms with Gasteiger partial charge in [-0.25, -0.2) is 0 Å². The Morgan fingerprint density at radius 1 is 0.612 bits per heavy atom. The Kier molecular flexibility index (Phi) is 8.58. The number of methoxy groups -OCH3 is 1. The first-order valence-corrected chi connectivity index (χ1v) is 15.6. The van der Waals surface area contributed by atoms with E-state index in [1.54, 1.807) is 59.0 Å². The Morgan fingerprint density at radius 2 is 1.12 bits per heavy atom. The van der Waals surface area contributed by atoms with E-state index in [9.17, 15) is 14.7 Å². The summed E-state index contributed by atoms with van der Waals surface area (Å²) >= 11 is 0. The molecule has 0 saturated carbocycles.